The summed E-state index contributed by atoms with van der Waals surface area (Å²) >= 11 is 12.4. The molecule has 0 bridgehead atoms. The number of nitrogens with zero attached hydrogens (tertiary/aromatic N) is 2. The summed E-state index contributed by atoms with van der Waals surface area (Å²) in [6, 6.07) is 2.33. The number of rotatable bonds is 9. The van der Waals surface area contributed by atoms with E-state index in [0.29, 0.717) is 30.8 Å². The third-order valence-corrected chi connectivity index (χ3v) is 5.95. The van der Waals surface area contributed by atoms with Gasteiger partial charge in [0.15, 0.2) is 0 Å². The van der Waals surface area contributed by atoms with Gasteiger partial charge in [-0.15, -0.1) is 0 Å². The molecule has 31 heavy (non-hydrogen) atoms. The molecule has 1 atom stereocenters. The summed E-state index contributed by atoms with van der Waals surface area (Å²) in [7, 11) is 1.45. The monoisotopic (exact) mass is 476 g/mol. The normalized spacial score (nSPS) is 19.7. The average molecular weight is 477 g/mol. The molecular formula is C23H26Cl2F4N2. The van der Waals surface area contributed by atoms with E-state index in [-0.39, 0.29) is 27.5 Å². The zero-order valence-corrected chi connectivity index (χ0v) is 19.3. The molecule has 1 aromatic carbocycles. The van der Waals surface area contributed by atoms with Gasteiger partial charge in [-0.25, -0.2) is 4.39 Å². The Labute approximate surface area is 190 Å². The fourth-order valence-electron chi connectivity index (χ4n) is 3.56. The molecule has 0 N–H and O–H groups in total. The molecular weight excluding hydrogens is 451 g/mol. The van der Waals surface area contributed by atoms with E-state index in [1.807, 2.05) is 4.90 Å². The van der Waals surface area contributed by atoms with Crippen LogP contribution < -0.4 is 0 Å². The Hall–Kier alpha value is -1.63. The quantitative estimate of drug-likeness (QED) is 0.206. The Morgan fingerprint density at radius 3 is 2.32 bits per heavy atom. The van der Waals surface area contributed by atoms with Crippen molar-refractivity contribution in [2.24, 2.45) is 10.4 Å². The molecule has 170 valence electrons. The van der Waals surface area contributed by atoms with Crippen molar-refractivity contribution in [2.45, 2.75) is 32.9 Å². The second-order valence-electron chi connectivity index (χ2n) is 8.10. The molecule has 0 saturated heterocycles. The highest BCUT2D eigenvalue weighted by molar-refractivity contribution is 6.37. The van der Waals surface area contributed by atoms with Gasteiger partial charge in [0.25, 0.3) is 0 Å². The predicted octanol–water partition coefficient (Wildman–Crippen LogP) is 7.38. The van der Waals surface area contributed by atoms with Crippen LogP contribution >= 0.6 is 23.2 Å². The standard InChI is InChI=1S/C23H26Cl2F4N2/c1-15(21-19(24)10-18(26)11-20(21)25)13-31(14-22(3)7-5-8-22)9-6-17(12-30-4)16(2)23(27,28)29/h5,7,10-12H,1,6,8-9,13-14H2,2-4H3/b17-16+,30-12-. The van der Waals surface area contributed by atoms with Crippen LogP contribution in [0.5, 0.6) is 0 Å². The number of benzene rings is 1. The molecule has 1 aliphatic carbocycles. The lowest BCUT2D eigenvalue weighted by Crippen LogP contribution is -2.39. The van der Waals surface area contributed by atoms with Crippen molar-refractivity contribution >= 4 is 35.0 Å². The summed E-state index contributed by atoms with van der Waals surface area (Å²) in [5.74, 6) is -0.549. The first-order valence-corrected chi connectivity index (χ1v) is 10.5. The third kappa shape index (κ3) is 6.93. The molecule has 0 spiro atoms. The maximum atomic E-state index is 13.5. The van der Waals surface area contributed by atoms with Crippen LogP contribution in [0.1, 0.15) is 32.3 Å². The van der Waals surface area contributed by atoms with Crippen molar-refractivity contribution in [2.75, 3.05) is 26.7 Å². The van der Waals surface area contributed by atoms with E-state index < -0.39 is 17.6 Å². The predicted molar refractivity (Wildman–Crippen MR) is 122 cm³/mol. The Kier molecular flexibility index (Phi) is 8.54. The van der Waals surface area contributed by atoms with E-state index in [1.165, 1.54) is 25.4 Å². The van der Waals surface area contributed by atoms with E-state index >= 15 is 0 Å². The molecule has 0 aromatic heterocycles. The van der Waals surface area contributed by atoms with E-state index in [4.69, 9.17) is 23.2 Å². The first-order chi connectivity index (χ1) is 14.4. The van der Waals surface area contributed by atoms with E-state index in [0.717, 1.165) is 13.3 Å². The van der Waals surface area contributed by atoms with Gasteiger partial charge in [-0.1, -0.05) is 48.9 Å². The van der Waals surface area contributed by atoms with Crippen molar-refractivity contribution in [1.82, 2.24) is 4.90 Å². The minimum Gasteiger partial charge on any atom is -0.298 e. The molecule has 2 rings (SSSR count). The van der Waals surface area contributed by atoms with Crippen LogP contribution in [0.15, 0.2) is 47.0 Å². The van der Waals surface area contributed by atoms with Crippen LogP contribution in [0.25, 0.3) is 5.57 Å². The number of aliphatic imine (C=N–C) groups is 1. The molecule has 0 fully saturated rings. The lowest BCUT2D eigenvalue weighted by Gasteiger charge is -2.37. The van der Waals surface area contributed by atoms with Crippen LogP contribution in [-0.2, 0) is 0 Å². The highest BCUT2D eigenvalue weighted by Crippen LogP contribution is 2.36. The summed E-state index contributed by atoms with van der Waals surface area (Å²) in [5.41, 5.74) is 0.429. The molecule has 0 radical (unpaired) electrons. The SMILES string of the molecule is C=C(CN(CCC(/C=N\C)=C(/C)C(F)(F)F)CC1(C)C=CC1)c1c(Cl)cc(F)cc1Cl. The maximum Gasteiger partial charge on any atom is 0.412 e. The minimum absolute atomic E-state index is 0.0710. The molecule has 0 aliphatic heterocycles. The highest BCUT2D eigenvalue weighted by atomic mass is 35.5. The van der Waals surface area contributed by atoms with Gasteiger partial charge in [0.05, 0.1) is 10.0 Å². The summed E-state index contributed by atoms with van der Waals surface area (Å²) in [6.07, 6.45) is 2.04. The first-order valence-electron chi connectivity index (χ1n) is 9.78. The average Bonchev–Trinajstić information content (AvgIpc) is 2.61. The molecule has 1 aliphatic rings. The zero-order chi connectivity index (χ0) is 23.4. The van der Waals surface area contributed by atoms with Gasteiger partial charge in [0.1, 0.15) is 5.82 Å². The summed E-state index contributed by atoms with van der Waals surface area (Å²) < 4.78 is 53.2. The minimum atomic E-state index is -4.41. The van der Waals surface area contributed by atoms with Gasteiger partial charge in [0, 0.05) is 49.4 Å². The topological polar surface area (TPSA) is 15.6 Å². The van der Waals surface area contributed by atoms with Crippen LogP contribution in [0.2, 0.25) is 10.0 Å². The lowest BCUT2D eigenvalue weighted by molar-refractivity contribution is -0.0919. The second-order valence-corrected chi connectivity index (χ2v) is 8.92. The molecule has 1 aromatic rings. The van der Waals surface area contributed by atoms with Gasteiger partial charge < -0.3 is 0 Å². The first kappa shape index (κ1) is 25.6. The molecule has 0 amide bonds. The second kappa shape index (κ2) is 10.3. The van der Waals surface area contributed by atoms with Crippen LogP contribution in [0.3, 0.4) is 0 Å². The fourth-order valence-corrected chi connectivity index (χ4v) is 4.28. The van der Waals surface area contributed by atoms with Crippen LogP contribution in [0.4, 0.5) is 17.6 Å². The number of hydrogen-bond donors (Lipinski definition) is 0. The Morgan fingerprint density at radius 2 is 1.87 bits per heavy atom. The van der Waals surface area contributed by atoms with Gasteiger partial charge in [-0.05, 0) is 43.0 Å². The van der Waals surface area contributed by atoms with Gasteiger partial charge in [-0.2, -0.15) is 13.2 Å². The fraction of sp³-hybridized carbons (Fsp3) is 0.435. The molecule has 0 heterocycles. The molecule has 2 nitrogen and oxygen atoms in total. The number of hydrogen-bond acceptors (Lipinski definition) is 2. The largest absolute Gasteiger partial charge is 0.412 e. The zero-order valence-electron chi connectivity index (χ0n) is 17.8. The van der Waals surface area contributed by atoms with E-state index in [9.17, 15) is 17.6 Å². The Bertz CT molecular complexity index is 896. The van der Waals surface area contributed by atoms with Crippen molar-refractivity contribution < 1.29 is 17.6 Å². The summed E-state index contributed by atoms with van der Waals surface area (Å²) in [6.45, 7) is 8.52. The van der Waals surface area contributed by atoms with Crippen LogP contribution in [-0.4, -0.2) is 44.0 Å². The van der Waals surface area contributed by atoms with Crippen LogP contribution in [0, 0.1) is 11.2 Å². The molecule has 1 unspecified atom stereocenters. The number of halogens is 6. The number of alkyl halides is 3. The van der Waals surface area contributed by atoms with Gasteiger partial charge in [0.2, 0.25) is 0 Å². The summed E-state index contributed by atoms with van der Waals surface area (Å²) in [4.78, 5) is 5.81. The van der Waals surface area contributed by atoms with E-state index in [1.54, 1.807) is 0 Å². The van der Waals surface area contributed by atoms with Crippen molar-refractivity contribution in [3.05, 3.63) is 63.4 Å². The van der Waals surface area contributed by atoms with Crippen molar-refractivity contribution in [3.8, 4) is 0 Å². The smallest absolute Gasteiger partial charge is 0.298 e. The maximum absolute atomic E-state index is 13.5. The van der Waals surface area contributed by atoms with Gasteiger partial charge in [-0.3, -0.25) is 9.89 Å². The van der Waals surface area contributed by atoms with Crippen molar-refractivity contribution in [3.63, 3.8) is 0 Å². The van der Waals surface area contributed by atoms with E-state index in [2.05, 4.69) is 30.6 Å². The highest BCUT2D eigenvalue weighted by Gasteiger charge is 2.33. The van der Waals surface area contributed by atoms with Gasteiger partial charge >= 0.3 is 6.18 Å². The Morgan fingerprint density at radius 1 is 1.29 bits per heavy atom. The molecule has 0 saturated carbocycles. The molecule has 8 heteroatoms. The summed E-state index contributed by atoms with van der Waals surface area (Å²) in [5, 5.41) is 0.299. The Balaban J connectivity index is 2.25. The number of allylic oxidation sites excluding steroid dienone is 2. The third-order valence-electron chi connectivity index (χ3n) is 5.35. The lowest BCUT2D eigenvalue weighted by atomic mass is 9.77. The van der Waals surface area contributed by atoms with Crippen molar-refractivity contribution in [1.29, 1.82) is 0 Å².